The van der Waals surface area contributed by atoms with Crippen LogP contribution < -0.4 is 5.32 Å². The summed E-state index contributed by atoms with van der Waals surface area (Å²) in [6, 6.07) is 7.96. The van der Waals surface area contributed by atoms with E-state index >= 15 is 0 Å². The lowest BCUT2D eigenvalue weighted by atomic mass is 9.97. The lowest BCUT2D eigenvalue weighted by molar-refractivity contribution is 0.177. The van der Waals surface area contributed by atoms with E-state index < -0.39 is 0 Å². The summed E-state index contributed by atoms with van der Waals surface area (Å²) < 4.78 is 18.7. The zero-order valence-electron chi connectivity index (χ0n) is 14.6. The van der Waals surface area contributed by atoms with Crippen molar-refractivity contribution in [3.8, 4) is 11.5 Å². The molecule has 3 aromatic rings. The Kier molecular flexibility index (Phi) is 5.15. The Morgan fingerprint density at radius 3 is 2.70 bits per heavy atom. The number of likely N-dealkylation sites (tertiary alicyclic amines) is 1. The first-order valence-electron chi connectivity index (χ1n) is 8.82. The number of thiophene rings is 1. The van der Waals surface area contributed by atoms with Crippen LogP contribution in [0.25, 0.3) is 11.5 Å². The quantitative estimate of drug-likeness (QED) is 0.735. The topological polar surface area (TPSA) is 71.3 Å². The van der Waals surface area contributed by atoms with Gasteiger partial charge in [0, 0.05) is 36.5 Å². The highest BCUT2D eigenvalue weighted by Gasteiger charge is 2.27. The average Bonchev–Trinajstić information content (AvgIpc) is 3.39. The molecule has 8 heteroatoms. The Hall–Kier alpha value is -2.74. The van der Waals surface area contributed by atoms with Crippen LogP contribution in [0.2, 0.25) is 0 Å². The van der Waals surface area contributed by atoms with Gasteiger partial charge in [0.1, 0.15) is 5.82 Å². The standard InChI is InChI=1S/C19H19FN4O2S/c20-16-3-1-13(2-4-16)11-21-19(25)24-8-5-14(6-9-24)17-22-23-18(26-17)15-7-10-27-12-15/h1-4,7,10,12,14H,5-6,8-9,11H2,(H,21,25). The number of nitrogens with zero attached hydrogens (tertiary/aromatic N) is 3. The number of aromatic nitrogens is 2. The minimum Gasteiger partial charge on any atom is -0.420 e. The Morgan fingerprint density at radius 1 is 1.22 bits per heavy atom. The molecule has 0 saturated carbocycles. The van der Waals surface area contributed by atoms with E-state index in [-0.39, 0.29) is 17.8 Å². The molecule has 1 saturated heterocycles. The van der Waals surface area contributed by atoms with Crippen molar-refractivity contribution < 1.29 is 13.6 Å². The van der Waals surface area contributed by atoms with Crippen molar-refractivity contribution in [2.24, 2.45) is 0 Å². The Bertz CT molecular complexity index is 887. The summed E-state index contributed by atoms with van der Waals surface area (Å²) in [6.07, 6.45) is 1.57. The second-order valence-electron chi connectivity index (χ2n) is 6.50. The molecular formula is C19H19FN4O2S. The van der Waals surface area contributed by atoms with Gasteiger partial charge in [0.25, 0.3) is 0 Å². The minimum atomic E-state index is -0.282. The summed E-state index contributed by atoms with van der Waals surface area (Å²) in [5.41, 5.74) is 1.81. The maximum Gasteiger partial charge on any atom is 0.317 e. The normalized spacial score (nSPS) is 15.1. The first kappa shape index (κ1) is 17.7. The third-order valence-corrected chi connectivity index (χ3v) is 5.38. The van der Waals surface area contributed by atoms with Crippen LogP contribution in [-0.4, -0.2) is 34.2 Å². The SMILES string of the molecule is O=C(NCc1ccc(F)cc1)N1CCC(c2nnc(-c3ccsc3)o2)CC1. The molecule has 0 unspecified atom stereocenters. The van der Waals surface area contributed by atoms with Gasteiger partial charge in [0.2, 0.25) is 11.8 Å². The van der Waals surface area contributed by atoms with Crippen molar-refractivity contribution in [1.29, 1.82) is 0 Å². The molecule has 0 spiro atoms. The summed E-state index contributed by atoms with van der Waals surface area (Å²) >= 11 is 1.59. The van der Waals surface area contributed by atoms with Crippen LogP contribution in [0.4, 0.5) is 9.18 Å². The monoisotopic (exact) mass is 386 g/mol. The molecule has 1 N–H and O–H groups in total. The van der Waals surface area contributed by atoms with Crippen molar-refractivity contribution in [2.45, 2.75) is 25.3 Å². The smallest absolute Gasteiger partial charge is 0.317 e. The van der Waals surface area contributed by atoms with Gasteiger partial charge < -0.3 is 14.6 Å². The molecule has 0 radical (unpaired) electrons. The fourth-order valence-corrected chi connectivity index (χ4v) is 3.75. The van der Waals surface area contributed by atoms with Gasteiger partial charge in [-0.2, -0.15) is 11.3 Å². The largest absolute Gasteiger partial charge is 0.420 e. The molecule has 140 valence electrons. The Morgan fingerprint density at radius 2 is 2.00 bits per heavy atom. The first-order valence-corrected chi connectivity index (χ1v) is 9.76. The highest BCUT2D eigenvalue weighted by atomic mass is 32.1. The fourth-order valence-electron chi connectivity index (χ4n) is 3.12. The maximum absolute atomic E-state index is 12.9. The minimum absolute atomic E-state index is 0.109. The molecule has 1 aliphatic heterocycles. The predicted octanol–water partition coefficient (Wildman–Crippen LogP) is 4.03. The summed E-state index contributed by atoms with van der Waals surface area (Å²) in [7, 11) is 0. The molecule has 1 aromatic carbocycles. The number of carbonyl (C=O) groups excluding carboxylic acids is 1. The first-order chi connectivity index (χ1) is 13.2. The van der Waals surface area contributed by atoms with Crippen molar-refractivity contribution >= 4 is 17.4 Å². The molecule has 1 fully saturated rings. The van der Waals surface area contributed by atoms with Gasteiger partial charge in [-0.25, -0.2) is 9.18 Å². The molecule has 4 rings (SSSR count). The highest BCUT2D eigenvalue weighted by molar-refractivity contribution is 7.08. The van der Waals surface area contributed by atoms with Crippen molar-refractivity contribution in [1.82, 2.24) is 20.4 Å². The van der Waals surface area contributed by atoms with Gasteiger partial charge in [-0.1, -0.05) is 12.1 Å². The van der Waals surface area contributed by atoms with Crippen molar-refractivity contribution in [3.05, 3.63) is 58.4 Å². The molecule has 2 aromatic heterocycles. The van der Waals surface area contributed by atoms with E-state index in [0.717, 1.165) is 24.0 Å². The molecule has 0 bridgehead atoms. The van der Waals surface area contributed by atoms with Gasteiger partial charge in [0.05, 0.1) is 0 Å². The summed E-state index contributed by atoms with van der Waals surface area (Å²) in [5.74, 6) is 1.08. The highest BCUT2D eigenvalue weighted by Crippen LogP contribution is 2.29. The Labute approximate surface area is 160 Å². The number of benzene rings is 1. The molecule has 27 heavy (non-hydrogen) atoms. The van der Waals surface area contributed by atoms with Crippen molar-refractivity contribution in [3.63, 3.8) is 0 Å². The fraction of sp³-hybridized carbons (Fsp3) is 0.316. The van der Waals surface area contributed by atoms with Crippen LogP contribution in [-0.2, 0) is 6.54 Å². The van der Waals surface area contributed by atoms with Crippen LogP contribution in [0.5, 0.6) is 0 Å². The van der Waals surface area contributed by atoms with Gasteiger partial charge in [-0.05, 0) is 42.0 Å². The molecule has 2 amide bonds. The third-order valence-electron chi connectivity index (χ3n) is 4.70. The van der Waals surface area contributed by atoms with Crippen molar-refractivity contribution in [2.75, 3.05) is 13.1 Å². The van der Waals surface area contributed by atoms with E-state index in [1.54, 1.807) is 28.4 Å². The maximum atomic E-state index is 12.9. The molecule has 0 atom stereocenters. The summed E-state index contributed by atoms with van der Waals surface area (Å²) in [5, 5.41) is 15.1. The number of piperidine rings is 1. The lowest BCUT2D eigenvalue weighted by Gasteiger charge is -2.30. The number of urea groups is 1. The number of nitrogens with one attached hydrogen (secondary N) is 1. The summed E-state index contributed by atoms with van der Waals surface area (Å²) in [6.45, 7) is 1.65. The van der Waals surface area contributed by atoms with E-state index in [0.29, 0.717) is 31.4 Å². The van der Waals surface area contributed by atoms with Crippen LogP contribution in [0.15, 0.2) is 45.5 Å². The molecule has 3 heterocycles. The van der Waals surface area contributed by atoms with Crippen LogP contribution >= 0.6 is 11.3 Å². The van der Waals surface area contributed by atoms with E-state index in [2.05, 4.69) is 15.5 Å². The molecular weight excluding hydrogens is 367 g/mol. The zero-order chi connectivity index (χ0) is 18.6. The van der Waals surface area contributed by atoms with Crippen LogP contribution in [0.1, 0.15) is 30.2 Å². The second kappa shape index (κ2) is 7.87. The van der Waals surface area contributed by atoms with Gasteiger partial charge in [-0.15, -0.1) is 10.2 Å². The number of halogens is 1. The molecule has 0 aliphatic carbocycles. The van der Waals surface area contributed by atoms with Crippen LogP contribution in [0, 0.1) is 5.82 Å². The molecule has 6 nitrogen and oxygen atoms in total. The average molecular weight is 386 g/mol. The Balaban J connectivity index is 1.28. The van der Waals surface area contributed by atoms with Gasteiger partial charge in [-0.3, -0.25) is 0 Å². The number of carbonyl (C=O) groups is 1. The van der Waals surface area contributed by atoms with Gasteiger partial charge in [0.15, 0.2) is 0 Å². The predicted molar refractivity (Wildman–Crippen MR) is 99.8 cm³/mol. The lowest BCUT2D eigenvalue weighted by Crippen LogP contribution is -2.43. The zero-order valence-corrected chi connectivity index (χ0v) is 15.4. The van der Waals surface area contributed by atoms with E-state index in [4.69, 9.17) is 4.42 Å². The van der Waals surface area contributed by atoms with E-state index in [1.807, 2.05) is 16.8 Å². The molecule has 1 aliphatic rings. The number of amides is 2. The van der Waals surface area contributed by atoms with E-state index in [1.165, 1.54) is 12.1 Å². The summed E-state index contributed by atoms with van der Waals surface area (Å²) in [4.78, 5) is 14.1. The van der Waals surface area contributed by atoms with Crippen LogP contribution in [0.3, 0.4) is 0 Å². The second-order valence-corrected chi connectivity index (χ2v) is 7.28. The number of hydrogen-bond acceptors (Lipinski definition) is 5. The number of hydrogen-bond donors (Lipinski definition) is 1. The number of rotatable bonds is 4. The van der Waals surface area contributed by atoms with Gasteiger partial charge >= 0.3 is 6.03 Å². The van der Waals surface area contributed by atoms with E-state index in [9.17, 15) is 9.18 Å². The third kappa shape index (κ3) is 4.16.